The molecule has 0 aliphatic heterocycles. The second-order valence-corrected chi connectivity index (χ2v) is 8.27. The van der Waals surface area contributed by atoms with Gasteiger partial charge in [0.2, 0.25) is 0 Å². The van der Waals surface area contributed by atoms with E-state index in [1.165, 1.54) is 49.9 Å². The van der Waals surface area contributed by atoms with Gasteiger partial charge in [-0.3, -0.25) is 0 Å². The van der Waals surface area contributed by atoms with Crippen LogP contribution in [-0.2, 0) is 17.3 Å². The second-order valence-electron chi connectivity index (χ2n) is 8.27. The summed E-state index contributed by atoms with van der Waals surface area (Å²) in [6.07, 6.45) is 4.04. The number of ether oxygens (including phenoxy) is 2. The lowest BCUT2D eigenvalue weighted by molar-refractivity contribution is -0.248. The van der Waals surface area contributed by atoms with Gasteiger partial charge in [0.15, 0.2) is 0 Å². The van der Waals surface area contributed by atoms with Gasteiger partial charge in [-0.1, -0.05) is 56.2 Å². The third kappa shape index (κ3) is 6.96. The molecule has 6 heteroatoms. The van der Waals surface area contributed by atoms with Crippen LogP contribution in [0.1, 0.15) is 68.1 Å². The Morgan fingerprint density at radius 2 is 1.58 bits per heavy atom. The van der Waals surface area contributed by atoms with E-state index < -0.39 is 12.7 Å². The molecule has 1 fully saturated rings. The summed E-state index contributed by atoms with van der Waals surface area (Å²) in [5.74, 6) is 1.30. The first-order valence-corrected chi connectivity index (χ1v) is 11.0. The number of rotatable bonds is 10. The van der Waals surface area contributed by atoms with Crippen LogP contribution in [0.25, 0.3) is 0 Å². The number of halogens is 4. The summed E-state index contributed by atoms with van der Waals surface area (Å²) in [5, 5.41) is 0. The number of benzene rings is 2. The molecule has 0 saturated heterocycles. The van der Waals surface area contributed by atoms with Crippen LogP contribution in [0.4, 0.5) is 17.6 Å². The van der Waals surface area contributed by atoms with Gasteiger partial charge >= 0.3 is 12.7 Å². The van der Waals surface area contributed by atoms with Gasteiger partial charge in [0.25, 0.3) is 0 Å². The molecule has 1 aliphatic rings. The first-order valence-electron chi connectivity index (χ1n) is 11.0. The standard InChI is InChI=1S/C25H30F4O2/c1-2-3-18-4-8-20(9-5-18)21-10-12-22(13-11-21)25(28,29)30-17-16-19-6-14-23(15-7-19)31-24(26)27/h6-7,10-15,18,20,24H,2-5,8-9,16-17H2,1H3. The van der Waals surface area contributed by atoms with Crippen LogP contribution in [0, 0.1) is 5.92 Å². The Labute approximate surface area is 181 Å². The van der Waals surface area contributed by atoms with Gasteiger partial charge < -0.3 is 9.47 Å². The lowest BCUT2D eigenvalue weighted by Crippen LogP contribution is -2.20. The number of alkyl halides is 4. The molecule has 0 bridgehead atoms. The smallest absolute Gasteiger partial charge is 0.387 e. The van der Waals surface area contributed by atoms with Crippen molar-refractivity contribution in [3.63, 3.8) is 0 Å². The Morgan fingerprint density at radius 3 is 2.16 bits per heavy atom. The molecule has 2 nitrogen and oxygen atoms in total. The fraction of sp³-hybridized carbons (Fsp3) is 0.520. The quantitative estimate of drug-likeness (QED) is 0.354. The van der Waals surface area contributed by atoms with E-state index in [1.54, 1.807) is 24.3 Å². The normalized spacial score (nSPS) is 19.5. The van der Waals surface area contributed by atoms with Crippen molar-refractivity contribution in [2.45, 2.75) is 70.5 Å². The third-order valence-corrected chi connectivity index (χ3v) is 6.08. The van der Waals surface area contributed by atoms with Crippen LogP contribution < -0.4 is 4.74 Å². The molecule has 0 atom stereocenters. The molecule has 1 saturated carbocycles. The van der Waals surface area contributed by atoms with Gasteiger partial charge in [-0.05, 0) is 67.2 Å². The molecule has 1 aliphatic carbocycles. The summed E-state index contributed by atoms with van der Waals surface area (Å²) in [6.45, 7) is -0.866. The van der Waals surface area contributed by atoms with Gasteiger partial charge in [0.05, 0.1) is 12.2 Å². The maximum atomic E-state index is 14.5. The maximum Gasteiger partial charge on any atom is 0.387 e. The average Bonchev–Trinajstić information content (AvgIpc) is 2.75. The van der Waals surface area contributed by atoms with E-state index >= 15 is 0 Å². The molecular weight excluding hydrogens is 408 g/mol. The van der Waals surface area contributed by atoms with Gasteiger partial charge in [0.1, 0.15) is 5.75 Å². The van der Waals surface area contributed by atoms with E-state index in [4.69, 9.17) is 4.74 Å². The van der Waals surface area contributed by atoms with Gasteiger partial charge in [-0.25, -0.2) is 0 Å². The number of hydrogen-bond acceptors (Lipinski definition) is 2. The van der Waals surface area contributed by atoms with Crippen LogP contribution in [0.5, 0.6) is 5.75 Å². The van der Waals surface area contributed by atoms with Crippen LogP contribution in [-0.4, -0.2) is 13.2 Å². The van der Waals surface area contributed by atoms with Crippen molar-refractivity contribution < 1.29 is 27.0 Å². The molecule has 0 aromatic heterocycles. The maximum absolute atomic E-state index is 14.5. The molecule has 2 aromatic carbocycles. The minimum Gasteiger partial charge on any atom is -0.435 e. The molecule has 0 radical (unpaired) electrons. The minimum atomic E-state index is -3.38. The lowest BCUT2D eigenvalue weighted by Gasteiger charge is -2.29. The Balaban J connectivity index is 1.49. The predicted octanol–water partition coefficient (Wildman–Crippen LogP) is 7.67. The zero-order valence-corrected chi connectivity index (χ0v) is 17.8. The summed E-state index contributed by atoms with van der Waals surface area (Å²) in [4.78, 5) is 0. The summed E-state index contributed by atoms with van der Waals surface area (Å²) in [7, 11) is 0. The van der Waals surface area contributed by atoms with Gasteiger partial charge in [-0.15, -0.1) is 0 Å². The first kappa shape index (κ1) is 23.6. The Morgan fingerprint density at radius 1 is 0.935 bits per heavy atom. The molecule has 31 heavy (non-hydrogen) atoms. The fourth-order valence-electron chi connectivity index (χ4n) is 4.36. The molecule has 170 valence electrons. The largest absolute Gasteiger partial charge is 0.435 e. The van der Waals surface area contributed by atoms with Crippen molar-refractivity contribution in [1.29, 1.82) is 0 Å². The van der Waals surface area contributed by atoms with E-state index in [-0.39, 0.29) is 24.3 Å². The monoisotopic (exact) mass is 438 g/mol. The van der Waals surface area contributed by atoms with E-state index in [0.717, 1.165) is 24.3 Å². The van der Waals surface area contributed by atoms with Gasteiger partial charge in [-0.2, -0.15) is 17.6 Å². The van der Waals surface area contributed by atoms with Crippen molar-refractivity contribution in [2.24, 2.45) is 5.92 Å². The summed E-state index contributed by atoms with van der Waals surface area (Å²) in [5.41, 5.74) is 1.67. The molecule has 3 rings (SSSR count). The molecule has 0 N–H and O–H groups in total. The highest BCUT2D eigenvalue weighted by molar-refractivity contribution is 5.28. The SMILES string of the molecule is CCCC1CCC(c2ccc(C(F)(F)OCCc3ccc(OC(F)F)cc3)cc2)CC1. The highest BCUT2D eigenvalue weighted by Gasteiger charge is 2.33. The Hall–Kier alpha value is -2.08. The molecule has 0 unspecified atom stereocenters. The van der Waals surface area contributed by atoms with Crippen LogP contribution in [0.3, 0.4) is 0 Å². The van der Waals surface area contributed by atoms with Crippen LogP contribution in [0.2, 0.25) is 0 Å². The third-order valence-electron chi connectivity index (χ3n) is 6.08. The predicted molar refractivity (Wildman–Crippen MR) is 113 cm³/mol. The van der Waals surface area contributed by atoms with E-state index in [2.05, 4.69) is 11.7 Å². The van der Waals surface area contributed by atoms with Crippen LogP contribution >= 0.6 is 0 Å². The van der Waals surface area contributed by atoms with E-state index in [1.807, 2.05) is 0 Å². The topological polar surface area (TPSA) is 18.5 Å². The molecule has 0 heterocycles. The van der Waals surface area contributed by atoms with Crippen molar-refractivity contribution in [3.8, 4) is 5.75 Å². The lowest BCUT2D eigenvalue weighted by atomic mass is 9.77. The van der Waals surface area contributed by atoms with Crippen molar-refractivity contribution in [1.82, 2.24) is 0 Å². The van der Waals surface area contributed by atoms with Crippen LogP contribution in [0.15, 0.2) is 48.5 Å². The van der Waals surface area contributed by atoms with E-state index in [9.17, 15) is 17.6 Å². The zero-order valence-electron chi connectivity index (χ0n) is 17.8. The highest BCUT2D eigenvalue weighted by Crippen LogP contribution is 2.38. The summed E-state index contributed by atoms with van der Waals surface area (Å²) < 4.78 is 62.4. The van der Waals surface area contributed by atoms with Crippen molar-refractivity contribution in [3.05, 3.63) is 65.2 Å². The summed E-state index contributed by atoms with van der Waals surface area (Å²) >= 11 is 0. The van der Waals surface area contributed by atoms with Gasteiger partial charge in [0, 0.05) is 0 Å². The molecule has 2 aromatic rings. The minimum absolute atomic E-state index is 0.0314. The van der Waals surface area contributed by atoms with Crippen molar-refractivity contribution >= 4 is 0 Å². The molecule has 0 amide bonds. The molecule has 0 spiro atoms. The zero-order chi connectivity index (χ0) is 22.3. The number of hydrogen-bond donors (Lipinski definition) is 0. The highest BCUT2D eigenvalue weighted by atomic mass is 19.3. The second kappa shape index (κ2) is 11.0. The first-order chi connectivity index (χ1) is 14.9. The Kier molecular flexibility index (Phi) is 8.35. The fourth-order valence-corrected chi connectivity index (χ4v) is 4.36. The molecular formula is C25H30F4O2. The average molecular weight is 439 g/mol. The van der Waals surface area contributed by atoms with Crippen molar-refractivity contribution in [2.75, 3.05) is 6.61 Å². The Bertz CT molecular complexity index is 782. The van der Waals surface area contributed by atoms with E-state index in [0.29, 0.717) is 11.5 Å². The summed E-state index contributed by atoms with van der Waals surface area (Å²) in [6, 6.07) is 12.4.